The Morgan fingerprint density at radius 1 is 1.14 bits per heavy atom. The van der Waals surface area contributed by atoms with E-state index in [-0.39, 0.29) is 31.8 Å². The van der Waals surface area contributed by atoms with Crippen molar-refractivity contribution in [2.24, 2.45) is 17.4 Å². The number of nitrogens with two attached hydrogens (primary N) is 2. The number of urea groups is 1. The van der Waals surface area contributed by atoms with Gasteiger partial charge in [0.25, 0.3) is 0 Å². The third-order valence-corrected chi connectivity index (χ3v) is 2.49. The normalized spacial score (nSPS) is 11.8. The number of carboxylic acid groups (broad SMARTS) is 1. The van der Waals surface area contributed by atoms with Crippen molar-refractivity contribution in [3.8, 4) is 0 Å². The molecule has 4 amide bonds. The summed E-state index contributed by atoms with van der Waals surface area (Å²) in [6, 6.07) is -1.98. The number of carbonyl (C=O) groups is 4. The van der Waals surface area contributed by atoms with E-state index in [1.54, 1.807) is 0 Å². The van der Waals surface area contributed by atoms with Gasteiger partial charge in [0.2, 0.25) is 11.8 Å². The monoisotopic (exact) mass is 302 g/mol. The average molecular weight is 302 g/mol. The highest BCUT2D eigenvalue weighted by Crippen LogP contribution is 2.02. The summed E-state index contributed by atoms with van der Waals surface area (Å²) in [6.45, 7) is 3.61. The molecular weight excluding hydrogens is 280 g/mol. The van der Waals surface area contributed by atoms with Gasteiger partial charge in [-0.2, -0.15) is 0 Å². The van der Waals surface area contributed by atoms with Crippen molar-refractivity contribution in [1.29, 1.82) is 0 Å². The SMILES string of the molecule is CC(C)CN(CC(N)=O)C(=O)N[C@@H](CCC(N)=O)C(=O)O. The first kappa shape index (κ1) is 18.7. The van der Waals surface area contributed by atoms with Crippen LogP contribution in [0.4, 0.5) is 4.79 Å². The Bertz CT molecular complexity index is 410. The van der Waals surface area contributed by atoms with Crippen molar-refractivity contribution >= 4 is 23.8 Å². The van der Waals surface area contributed by atoms with Crippen LogP contribution in [0.25, 0.3) is 0 Å². The Hall–Kier alpha value is -2.32. The third kappa shape index (κ3) is 8.45. The van der Waals surface area contributed by atoms with Crippen molar-refractivity contribution in [3.63, 3.8) is 0 Å². The number of hydrogen-bond donors (Lipinski definition) is 4. The summed E-state index contributed by atoms with van der Waals surface area (Å²) >= 11 is 0. The second-order valence-corrected chi connectivity index (χ2v) is 5.09. The van der Waals surface area contributed by atoms with Crippen LogP contribution < -0.4 is 16.8 Å². The van der Waals surface area contributed by atoms with Crippen LogP contribution in [0.2, 0.25) is 0 Å². The molecule has 0 aliphatic heterocycles. The highest BCUT2D eigenvalue weighted by Gasteiger charge is 2.24. The summed E-state index contributed by atoms with van der Waals surface area (Å²) in [5.41, 5.74) is 10.0. The fraction of sp³-hybridized carbons (Fsp3) is 0.667. The molecule has 0 aromatic heterocycles. The molecule has 0 radical (unpaired) electrons. The standard InChI is InChI=1S/C12H22N4O5/c1-7(2)5-16(6-10(14)18)12(21)15-8(11(19)20)3-4-9(13)17/h7-8H,3-6H2,1-2H3,(H2,13,17)(H2,14,18)(H,15,21)(H,19,20)/t8-/m0/s1. The van der Waals surface area contributed by atoms with Crippen molar-refractivity contribution in [2.75, 3.05) is 13.1 Å². The maximum absolute atomic E-state index is 12.0. The lowest BCUT2D eigenvalue weighted by Gasteiger charge is -2.25. The second kappa shape index (κ2) is 8.77. The first-order chi connectivity index (χ1) is 9.63. The van der Waals surface area contributed by atoms with Crippen LogP contribution >= 0.6 is 0 Å². The lowest BCUT2D eigenvalue weighted by molar-refractivity contribution is -0.139. The van der Waals surface area contributed by atoms with Gasteiger partial charge in [-0.05, 0) is 12.3 Å². The Morgan fingerprint density at radius 2 is 1.71 bits per heavy atom. The number of hydrogen-bond acceptors (Lipinski definition) is 4. The van der Waals surface area contributed by atoms with Gasteiger partial charge in [-0.15, -0.1) is 0 Å². The molecule has 0 spiro atoms. The molecule has 0 saturated heterocycles. The second-order valence-electron chi connectivity index (χ2n) is 5.09. The summed E-state index contributed by atoms with van der Waals surface area (Å²) in [7, 11) is 0. The molecule has 0 aliphatic carbocycles. The fourth-order valence-corrected chi connectivity index (χ4v) is 1.63. The summed E-state index contributed by atoms with van der Waals surface area (Å²) in [4.78, 5) is 45.8. The molecule has 0 aliphatic rings. The number of carboxylic acids is 1. The molecule has 21 heavy (non-hydrogen) atoms. The minimum absolute atomic E-state index is 0.0731. The van der Waals surface area contributed by atoms with Gasteiger partial charge < -0.3 is 26.8 Å². The first-order valence-electron chi connectivity index (χ1n) is 6.48. The molecule has 120 valence electrons. The Balaban J connectivity index is 4.76. The molecule has 9 nitrogen and oxygen atoms in total. The van der Waals surface area contributed by atoms with E-state index in [4.69, 9.17) is 16.6 Å². The number of carbonyl (C=O) groups excluding carboxylic acids is 3. The maximum Gasteiger partial charge on any atom is 0.326 e. The van der Waals surface area contributed by atoms with E-state index in [0.29, 0.717) is 0 Å². The number of primary amides is 2. The molecule has 0 heterocycles. The molecule has 0 saturated carbocycles. The van der Waals surface area contributed by atoms with E-state index in [9.17, 15) is 19.2 Å². The van der Waals surface area contributed by atoms with Crippen molar-refractivity contribution in [2.45, 2.75) is 32.7 Å². The molecule has 0 aromatic carbocycles. The first-order valence-corrected chi connectivity index (χ1v) is 6.48. The van der Waals surface area contributed by atoms with E-state index in [2.05, 4.69) is 5.32 Å². The molecule has 6 N–H and O–H groups in total. The molecule has 0 rings (SSSR count). The van der Waals surface area contributed by atoms with Gasteiger partial charge in [0.05, 0.1) is 0 Å². The highest BCUT2D eigenvalue weighted by molar-refractivity contribution is 5.86. The van der Waals surface area contributed by atoms with Crippen molar-refractivity contribution in [3.05, 3.63) is 0 Å². The topological polar surface area (TPSA) is 156 Å². The largest absolute Gasteiger partial charge is 0.480 e. The maximum atomic E-state index is 12.0. The lowest BCUT2D eigenvalue weighted by Crippen LogP contribution is -2.51. The third-order valence-electron chi connectivity index (χ3n) is 2.49. The number of amides is 4. The Labute approximate surface area is 122 Å². The summed E-state index contributed by atoms with van der Waals surface area (Å²) in [5, 5.41) is 11.3. The van der Waals surface area contributed by atoms with Gasteiger partial charge in [0.1, 0.15) is 12.6 Å². The van der Waals surface area contributed by atoms with E-state index < -0.39 is 29.9 Å². The zero-order valence-corrected chi connectivity index (χ0v) is 12.2. The van der Waals surface area contributed by atoms with Crippen LogP contribution in [0, 0.1) is 5.92 Å². The van der Waals surface area contributed by atoms with E-state index in [1.807, 2.05) is 13.8 Å². The summed E-state index contributed by atoms with van der Waals surface area (Å²) in [5.74, 6) is -2.57. The van der Waals surface area contributed by atoms with Gasteiger partial charge in [0, 0.05) is 13.0 Å². The van der Waals surface area contributed by atoms with E-state index in [0.717, 1.165) is 4.90 Å². The Kier molecular flexibility index (Phi) is 7.80. The Morgan fingerprint density at radius 3 is 2.10 bits per heavy atom. The van der Waals surface area contributed by atoms with Crippen LogP contribution in [0.5, 0.6) is 0 Å². The number of rotatable bonds is 9. The smallest absolute Gasteiger partial charge is 0.326 e. The molecule has 9 heteroatoms. The van der Waals surface area contributed by atoms with Gasteiger partial charge in [-0.1, -0.05) is 13.8 Å². The predicted molar refractivity (Wildman–Crippen MR) is 74.0 cm³/mol. The molecule has 0 aromatic rings. The molecule has 0 bridgehead atoms. The fourth-order valence-electron chi connectivity index (χ4n) is 1.63. The van der Waals surface area contributed by atoms with Crippen LogP contribution in [0.1, 0.15) is 26.7 Å². The number of aliphatic carboxylic acids is 1. The van der Waals surface area contributed by atoms with Crippen LogP contribution in [0.3, 0.4) is 0 Å². The van der Waals surface area contributed by atoms with Crippen LogP contribution in [-0.2, 0) is 14.4 Å². The molecule has 1 atom stereocenters. The predicted octanol–water partition coefficient (Wildman–Crippen LogP) is -1.14. The lowest BCUT2D eigenvalue weighted by atomic mass is 10.1. The summed E-state index contributed by atoms with van der Waals surface area (Å²) < 4.78 is 0. The molecule has 0 fully saturated rings. The van der Waals surface area contributed by atoms with Gasteiger partial charge in [0.15, 0.2) is 0 Å². The van der Waals surface area contributed by atoms with E-state index in [1.165, 1.54) is 0 Å². The van der Waals surface area contributed by atoms with E-state index >= 15 is 0 Å². The van der Waals surface area contributed by atoms with Crippen LogP contribution in [0.15, 0.2) is 0 Å². The van der Waals surface area contributed by atoms with Gasteiger partial charge >= 0.3 is 12.0 Å². The molecular formula is C12H22N4O5. The van der Waals surface area contributed by atoms with Gasteiger partial charge in [-0.3, -0.25) is 9.59 Å². The quantitative estimate of drug-likeness (QED) is 0.423. The van der Waals surface area contributed by atoms with Crippen molar-refractivity contribution < 1.29 is 24.3 Å². The minimum Gasteiger partial charge on any atom is -0.480 e. The summed E-state index contributed by atoms with van der Waals surface area (Å²) in [6.07, 6.45) is -0.292. The average Bonchev–Trinajstić information content (AvgIpc) is 2.31. The number of nitrogens with zero attached hydrogens (tertiary/aromatic N) is 1. The van der Waals surface area contributed by atoms with Crippen LogP contribution in [-0.4, -0.2) is 53.0 Å². The number of nitrogens with one attached hydrogen (secondary N) is 1. The van der Waals surface area contributed by atoms with Gasteiger partial charge in [-0.25, -0.2) is 9.59 Å². The minimum atomic E-state index is -1.28. The zero-order valence-electron chi connectivity index (χ0n) is 12.2. The zero-order chi connectivity index (χ0) is 16.6. The van der Waals surface area contributed by atoms with Crippen molar-refractivity contribution in [1.82, 2.24) is 10.2 Å². The molecule has 0 unspecified atom stereocenters. The highest BCUT2D eigenvalue weighted by atomic mass is 16.4.